The Morgan fingerprint density at radius 3 is 2.87 bits per heavy atom. The molecule has 2 aromatic rings. The topological polar surface area (TPSA) is 34.4 Å². The summed E-state index contributed by atoms with van der Waals surface area (Å²) in [6.45, 7) is 4.18. The van der Waals surface area contributed by atoms with Crippen LogP contribution in [0.15, 0.2) is 22.9 Å². The molecule has 0 saturated carbocycles. The van der Waals surface area contributed by atoms with E-state index in [9.17, 15) is 4.79 Å². The molecular formula is C11H11BrN2O. The number of imidazole rings is 1. The van der Waals surface area contributed by atoms with Crippen molar-refractivity contribution in [3.8, 4) is 0 Å². The predicted molar refractivity (Wildman–Crippen MR) is 62.4 cm³/mol. The molecule has 15 heavy (non-hydrogen) atoms. The van der Waals surface area contributed by atoms with Gasteiger partial charge in [0.2, 0.25) is 0 Å². The minimum Gasteiger partial charge on any atom is -0.302 e. The maximum absolute atomic E-state index is 10.7. The Bertz CT molecular complexity index is 517. The summed E-state index contributed by atoms with van der Waals surface area (Å²) in [4.78, 5) is 15.1. The molecule has 0 radical (unpaired) electrons. The van der Waals surface area contributed by atoms with Crippen LogP contribution in [-0.4, -0.2) is 15.7 Å². The van der Waals surface area contributed by atoms with Crippen molar-refractivity contribution in [3.63, 3.8) is 0 Å². The highest BCUT2D eigenvalue weighted by Crippen LogP contribution is 2.23. The molecule has 0 fully saturated rings. The highest BCUT2D eigenvalue weighted by molar-refractivity contribution is 9.10. The number of halogens is 1. The number of rotatable bonds is 2. The second kappa shape index (κ2) is 3.77. The zero-order chi connectivity index (χ0) is 11.0. The third-order valence-electron chi connectivity index (χ3n) is 2.30. The van der Waals surface area contributed by atoms with Crippen LogP contribution in [0.25, 0.3) is 5.52 Å². The number of fused-ring (bicyclic) bond motifs is 1. The fraction of sp³-hybridized carbons (Fsp3) is 0.273. The first-order chi connectivity index (χ1) is 7.13. The number of carbonyl (C=O) groups excluding carboxylic acids is 1. The first kappa shape index (κ1) is 10.4. The fourth-order valence-corrected chi connectivity index (χ4v) is 2.05. The number of hydrogen-bond donors (Lipinski definition) is 0. The molecule has 0 aliphatic carbocycles. The van der Waals surface area contributed by atoms with Crippen LogP contribution in [0.5, 0.6) is 0 Å². The minimum absolute atomic E-state index is 0.353. The number of nitrogens with zero attached hydrogens (tertiary/aromatic N) is 2. The largest absolute Gasteiger partial charge is 0.302 e. The summed E-state index contributed by atoms with van der Waals surface area (Å²) in [7, 11) is 0. The van der Waals surface area contributed by atoms with E-state index in [-0.39, 0.29) is 0 Å². The van der Waals surface area contributed by atoms with Crippen molar-refractivity contribution in [2.75, 3.05) is 0 Å². The third-order valence-corrected chi connectivity index (χ3v) is 2.89. The van der Waals surface area contributed by atoms with E-state index in [1.165, 1.54) is 0 Å². The highest BCUT2D eigenvalue weighted by Gasteiger charge is 2.11. The lowest BCUT2D eigenvalue weighted by Gasteiger charge is -2.03. The average molecular weight is 267 g/mol. The van der Waals surface area contributed by atoms with E-state index in [4.69, 9.17) is 0 Å². The molecule has 0 aromatic carbocycles. The van der Waals surface area contributed by atoms with Crippen LogP contribution in [0.3, 0.4) is 0 Å². The van der Waals surface area contributed by atoms with E-state index in [0.717, 1.165) is 22.2 Å². The Morgan fingerprint density at radius 2 is 2.27 bits per heavy atom. The molecule has 2 aromatic heterocycles. The third kappa shape index (κ3) is 1.69. The molecule has 0 unspecified atom stereocenters. The number of hydrogen-bond acceptors (Lipinski definition) is 2. The summed E-state index contributed by atoms with van der Waals surface area (Å²) in [5, 5.41) is 0. The van der Waals surface area contributed by atoms with Gasteiger partial charge in [0.05, 0.1) is 5.52 Å². The van der Waals surface area contributed by atoms with Gasteiger partial charge in [0.1, 0.15) is 16.7 Å². The van der Waals surface area contributed by atoms with Crippen molar-refractivity contribution in [2.24, 2.45) is 0 Å². The highest BCUT2D eigenvalue weighted by atomic mass is 79.9. The standard InChI is InChI=1S/C11H11BrN2O/c1-7(2)11-13-10(12)9-5-8(6-15)3-4-14(9)11/h3-7H,1-2H3. The second-order valence-corrected chi connectivity index (χ2v) is 4.50. The van der Waals surface area contributed by atoms with Crippen molar-refractivity contribution in [2.45, 2.75) is 19.8 Å². The predicted octanol–water partition coefficient (Wildman–Crippen LogP) is 3.03. The van der Waals surface area contributed by atoms with Crippen LogP contribution in [0, 0.1) is 0 Å². The molecule has 4 heteroatoms. The van der Waals surface area contributed by atoms with E-state index in [1.54, 1.807) is 6.07 Å². The molecule has 0 aliphatic rings. The van der Waals surface area contributed by atoms with Gasteiger partial charge in [0.15, 0.2) is 0 Å². The lowest BCUT2D eigenvalue weighted by atomic mass is 10.2. The van der Waals surface area contributed by atoms with Gasteiger partial charge >= 0.3 is 0 Å². The first-order valence-electron chi connectivity index (χ1n) is 4.76. The monoisotopic (exact) mass is 266 g/mol. The maximum Gasteiger partial charge on any atom is 0.150 e. The van der Waals surface area contributed by atoms with E-state index < -0.39 is 0 Å². The lowest BCUT2D eigenvalue weighted by molar-refractivity contribution is 0.112. The molecule has 3 nitrogen and oxygen atoms in total. The van der Waals surface area contributed by atoms with E-state index >= 15 is 0 Å². The smallest absolute Gasteiger partial charge is 0.150 e. The summed E-state index contributed by atoms with van der Waals surface area (Å²) in [5.41, 5.74) is 1.60. The molecule has 2 rings (SSSR count). The van der Waals surface area contributed by atoms with E-state index in [0.29, 0.717) is 11.5 Å². The van der Waals surface area contributed by atoms with Crippen LogP contribution in [0.4, 0.5) is 0 Å². The van der Waals surface area contributed by atoms with Crippen LogP contribution in [0.2, 0.25) is 0 Å². The van der Waals surface area contributed by atoms with Crippen molar-refractivity contribution in [1.29, 1.82) is 0 Å². The molecule has 0 N–H and O–H groups in total. The van der Waals surface area contributed by atoms with Crippen LogP contribution >= 0.6 is 15.9 Å². The molecular weight excluding hydrogens is 256 g/mol. The summed E-state index contributed by atoms with van der Waals surface area (Å²) in [6, 6.07) is 3.62. The molecule has 0 spiro atoms. The molecule has 0 atom stereocenters. The van der Waals surface area contributed by atoms with Gasteiger partial charge in [0.25, 0.3) is 0 Å². The van der Waals surface area contributed by atoms with Crippen LogP contribution in [-0.2, 0) is 0 Å². The van der Waals surface area contributed by atoms with Crippen molar-refractivity contribution in [1.82, 2.24) is 9.38 Å². The minimum atomic E-state index is 0.353. The summed E-state index contributed by atoms with van der Waals surface area (Å²) in [6.07, 6.45) is 2.72. The van der Waals surface area contributed by atoms with Crippen LogP contribution in [0.1, 0.15) is 35.9 Å². The molecule has 2 heterocycles. The van der Waals surface area contributed by atoms with Crippen LogP contribution < -0.4 is 0 Å². The Balaban J connectivity index is 2.74. The zero-order valence-corrected chi connectivity index (χ0v) is 10.2. The fourth-order valence-electron chi connectivity index (χ4n) is 1.57. The van der Waals surface area contributed by atoms with Gasteiger partial charge in [0, 0.05) is 17.7 Å². The molecule has 78 valence electrons. The number of aromatic nitrogens is 2. The van der Waals surface area contributed by atoms with E-state index in [1.807, 2.05) is 16.7 Å². The molecule has 0 aliphatic heterocycles. The molecule has 0 saturated heterocycles. The van der Waals surface area contributed by atoms with E-state index in [2.05, 4.69) is 34.8 Å². The Morgan fingerprint density at radius 1 is 1.53 bits per heavy atom. The van der Waals surface area contributed by atoms with Gasteiger partial charge < -0.3 is 4.40 Å². The average Bonchev–Trinajstić information content (AvgIpc) is 2.56. The number of aldehydes is 1. The molecule has 0 amide bonds. The SMILES string of the molecule is CC(C)c1nc(Br)c2cc(C=O)ccn12. The zero-order valence-electron chi connectivity index (χ0n) is 8.57. The van der Waals surface area contributed by atoms with Gasteiger partial charge in [-0.3, -0.25) is 4.79 Å². The summed E-state index contributed by atoms with van der Waals surface area (Å²) >= 11 is 3.40. The quantitative estimate of drug-likeness (QED) is 0.784. The lowest BCUT2D eigenvalue weighted by Crippen LogP contribution is -1.96. The number of carbonyl (C=O) groups is 1. The van der Waals surface area contributed by atoms with Crippen molar-refractivity contribution >= 4 is 27.7 Å². The van der Waals surface area contributed by atoms with Gasteiger partial charge in [-0.15, -0.1) is 0 Å². The summed E-state index contributed by atoms with van der Waals surface area (Å²) < 4.78 is 2.79. The number of pyridine rings is 1. The Labute approximate surface area is 96.3 Å². The van der Waals surface area contributed by atoms with Gasteiger partial charge in [-0.1, -0.05) is 13.8 Å². The summed E-state index contributed by atoms with van der Waals surface area (Å²) in [5.74, 6) is 1.35. The van der Waals surface area contributed by atoms with Gasteiger partial charge in [-0.2, -0.15) is 0 Å². The maximum atomic E-state index is 10.7. The van der Waals surface area contributed by atoms with Gasteiger partial charge in [-0.05, 0) is 28.1 Å². The first-order valence-corrected chi connectivity index (χ1v) is 5.55. The molecule has 0 bridgehead atoms. The van der Waals surface area contributed by atoms with Gasteiger partial charge in [-0.25, -0.2) is 4.98 Å². The second-order valence-electron chi connectivity index (χ2n) is 3.75. The Kier molecular flexibility index (Phi) is 2.61. The Hall–Kier alpha value is -1.16. The van der Waals surface area contributed by atoms with Crippen molar-refractivity contribution < 1.29 is 4.79 Å². The van der Waals surface area contributed by atoms with Crippen molar-refractivity contribution in [3.05, 3.63) is 34.3 Å². The normalized spacial score (nSPS) is 11.2.